The normalized spacial score (nSPS) is 21.7. The Kier molecular flexibility index (Phi) is 5.10. The highest BCUT2D eigenvalue weighted by atomic mass is 16.4. The minimum absolute atomic E-state index is 0.0818. The van der Waals surface area contributed by atoms with Crippen LogP contribution in [0.25, 0.3) is 0 Å². The first kappa shape index (κ1) is 13.3. The molecule has 0 saturated heterocycles. The van der Waals surface area contributed by atoms with Crippen LogP contribution in [0.4, 0.5) is 0 Å². The highest BCUT2D eigenvalue weighted by Crippen LogP contribution is 2.21. The van der Waals surface area contributed by atoms with E-state index >= 15 is 0 Å². The van der Waals surface area contributed by atoms with E-state index in [9.17, 15) is 20.1 Å². The largest absolute Gasteiger partial charge is 0.394 e. The molecule has 0 bridgehead atoms. The zero-order valence-corrected chi connectivity index (χ0v) is 8.78. The third-order valence-corrected chi connectivity index (χ3v) is 2.38. The van der Waals surface area contributed by atoms with Crippen LogP contribution in [0.2, 0.25) is 0 Å². The van der Waals surface area contributed by atoms with Crippen molar-refractivity contribution in [1.29, 1.82) is 0 Å². The van der Waals surface area contributed by atoms with Crippen molar-refractivity contribution in [2.75, 3.05) is 6.61 Å². The standard InChI is InChI=1S/C9H19NO6/c1-2-3-9(16,8(10)15)7(14)6(13)5(12)4-11/h5-7,11-14,16H,2-4H2,1H3,(H2,10,15)/t5-,6-,7+,9-/m1/s1/i1D. The Balaban J connectivity index is 4.86. The van der Waals surface area contributed by atoms with Crippen LogP contribution < -0.4 is 5.73 Å². The molecule has 0 radical (unpaired) electrons. The van der Waals surface area contributed by atoms with Crippen LogP contribution in [-0.4, -0.2) is 62.0 Å². The zero-order chi connectivity index (χ0) is 13.6. The molecule has 0 aromatic rings. The van der Waals surface area contributed by atoms with E-state index < -0.39 is 36.4 Å². The lowest BCUT2D eigenvalue weighted by atomic mass is 9.86. The lowest BCUT2D eigenvalue weighted by Gasteiger charge is -2.33. The number of hydrogen-bond donors (Lipinski definition) is 6. The van der Waals surface area contributed by atoms with E-state index in [1.165, 1.54) is 0 Å². The number of carbonyl (C=O) groups excluding carboxylic acids is 1. The van der Waals surface area contributed by atoms with E-state index in [0.717, 1.165) is 0 Å². The van der Waals surface area contributed by atoms with Gasteiger partial charge in [-0.05, 0) is 6.42 Å². The number of carbonyl (C=O) groups is 1. The second-order valence-electron chi connectivity index (χ2n) is 3.58. The Labute approximate surface area is 94.5 Å². The van der Waals surface area contributed by atoms with Gasteiger partial charge in [0.1, 0.15) is 18.3 Å². The Morgan fingerprint density at radius 1 is 1.50 bits per heavy atom. The maximum Gasteiger partial charge on any atom is 0.252 e. The van der Waals surface area contributed by atoms with Crippen LogP contribution in [0.1, 0.15) is 21.1 Å². The first-order chi connectivity index (χ1) is 7.81. The van der Waals surface area contributed by atoms with E-state index in [0.29, 0.717) is 0 Å². The topological polar surface area (TPSA) is 144 Å². The maximum atomic E-state index is 11.1. The number of rotatable bonds is 7. The van der Waals surface area contributed by atoms with Crippen LogP contribution in [0.3, 0.4) is 0 Å². The van der Waals surface area contributed by atoms with Gasteiger partial charge in [0.05, 0.1) is 6.61 Å². The molecule has 7 heteroatoms. The van der Waals surface area contributed by atoms with Crippen LogP contribution in [-0.2, 0) is 4.79 Å². The minimum Gasteiger partial charge on any atom is -0.394 e. The first-order valence-corrected chi connectivity index (χ1v) is 4.77. The molecule has 0 unspecified atom stereocenters. The molecule has 96 valence electrons. The summed E-state index contributed by atoms with van der Waals surface area (Å²) < 4.78 is 6.90. The summed E-state index contributed by atoms with van der Waals surface area (Å²) in [5.74, 6) is -1.26. The fraction of sp³-hybridized carbons (Fsp3) is 0.889. The molecule has 7 nitrogen and oxygen atoms in total. The Morgan fingerprint density at radius 3 is 2.44 bits per heavy atom. The summed E-state index contributed by atoms with van der Waals surface area (Å²) in [6.07, 6.45) is -5.88. The summed E-state index contributed by atoms with van der Waals surface area (Å²) in [4.78, 5) is 11.1. The van der Waals surface area contributed by atoms with Gasteiger partial charge in [0.2, 0.25) is 0 Å². The van der Waals surface area contributed by atoms with Crippen molar-refractivity contribution in [1.82, 2.24) is 0 Å². The average molecular weight is 238 g/mol. The highest BCUT2D eigenvalue weighted by molar-refractivity contribution is 5.84. The van der Waals surface area contributed by atoms with Crippen molar-refractivity contribution in [2.24, 2.45) is 5.73 Å². The molecule has 16 heavy (non-hydrogen) atoms. The van der Waals surface area contributed by atoms with Gasteiger partial charge in [-0.2, -0.15) is 0 Å². The van der Waals surface area contributed by atoms with Gasteiger partial charge in [-0.1, -0.05) is 13.3 Å². The van der Waals surface area contributed by atoms with E-state index in [4.69, 9.17) is 17.3 Å². The molecule has 0 fully saturated rings. The SMILES string of the molecule is [2H]CCC[C@](O)(C(N)=O)[C@@H](O)[C@H](O)[C@H](O)CO. The summed E-state index contributed by atoms with van der Waals surface area (Å²) in [6.45, 7) is -0.938. The van der Waals surface area contributed by atoms with Gasteiger partial charge in [0, 0.05) is 1.37 Å². The third kappa shape index (κ3) is 3.13. The van der Waals surface area contributed by atoms with Gasteiger partial charge in [0.15, 0.2) is 5.60 Å². The van der Waals surface area contributed by atoms with Crippen LogP contribution >= 0.6 is 0 Å². The predicted octanol–water partition coefficient (Wildman–Crippen LogP) is -2.92. The molecule has 0 aromatic heterocycles. The molecule has 0 aliphatic carbocycles. The minimum atomic E-state index is -2.43. The fourth-order valence-corrected chi connectivity index (χ4v) is 1.29. The second kappa shape index (κ2) is 6.12. The second-order valence-corrected chi connectivity index (χ2v) is 3.58. The monoisotopic (exact) mass is 238 g/mol. The van der Waals surface area contributed by atoms with E-state index in [1.807, 2.05) is 0 Å². The number of primary amides is 1. The number of nitrogens with two attached hydrogens (primary N) is 1. The van der Waals surface area contributed by atoms with Gasteiger partial charge >= 0.3 is 0 Å². The van der Waals surface area contributed by atoms with Crippen LogP contribution in [0.5, 0.6) is 0 Å². The quantitative estimate of drug-likeness (QED) is 0.280. The van der Waals surface area contributed by atoms with Crippen molar-refractivity contribution in [2.45, 2.75) is 43.7 Å². The molecular weight excluding hydrogens is 218 g/mol. The van der Waals surface area contributed by atoms with Gasteiger partial charge in [-0.3, -0.25) is 4.79 Å². The summed E-state index contributed by atoms with van der Waals surface area (Å²) in [5, 5.41) is 46.5. The van der Waals surface area contributed by atoms with Gasteiger partial charge in [-0.15, -0.1) is 0 Å². The molecule has 0 saturated carbocycles. The molecule has 0 aromatic carbocycles. The molecule has 4 atom stereocenters. The van der Waals surface area contributed by atoms with Gasteiger partial charge in [-0.25, -0.2) is 0 Å². The van der Waals surface area contributed by atoms with Gasteiger partial charge < -0.3 is 31.3 Å². The molecule has 0 heterocycles. The highest BCUT2D eigenvalue weighted by Gasteiger charge is 2.46. The summed E-state index contributed by atoms with van der Waals surface area (Å²) in [7, 11) is 0. The lowest BCUT2D eigenvalue weighted by Crippen LogP contribution is -2.60. The van der Waals surface area contributed by atoms with Crippen molar-refractivity contribution in [3.05, 3.63) is 0 Å². The molecule has 0 aliphatic rings. The predicted molar refractivity (Wildman–Crippen MR) is 54.2 cm³/mol. The molecule has 7 N–H and O–H groups in total. The van der Waals surface area contributed by atoms with E-state index in [-0.39, 0.29) is 19.7 Å². The molecule has 1 amide bonds. The number of aliphatic hydroxyl groups is 5. The van der Waals surface area contributed by atoms with Crippen LogP contribution in [0.15, 0.2) is 0 Å². The summed E-state index contributed by atoms with van der Waals surface area (Å²) in [6, 6.07) is 0. The Bertz CT molecular complexity index is 254. The maximum absolute atomic E-state index is 11.1. The summed E-state index contributed by atoms with van der Waals surface area (Å²) >= 11 is 0. The van der Waals surface area contributed by atoms with Gasteiger partial charge in [0.25, 0.3) is 5.91 Å². The Hall–Kier alpha value is -0.730. The zero-order valence-electron chi connectivity index (χ0n) is 9.78. The number of amides is 1. The number of hydrogen-bond acceptors (Lipinski definition) is 6. The lowest BCUT2D eigenvalue weighted by molar-refractivity contribution is -0.175. The Morgan fingerprint density at radius 2 is 2.06 bits per heavy atom. The van der Waals surface area contributed by atoms with Crippen molar-refractivity contribution >= 4 is 5.91 Å². The van der Waals surface area contributed by atoms with Crippen LogP contribution in [0, 0.1) is 0 Å². The smallest absolute Gasteiger partial charge is 0.252 e. The van der Waals surface area contributed by atoms with E-state index in [1.54, 1.807) is 0 Å². The fourth-order valence-electron chi connectivity index (χ4n) is 1.29. The molecule has 0 aliphatic heterocycles. The van der Waals surface area contributed by atoms with E-state index in [2.05, 4.69) is 0 Å². The number of aliphatic hydroxyl groups excluding tert-OH is 4. The molecule has 0 rings (SSSR count). The average Bonchev–Trinajstić information content (AvgIpc) is 2.32. The molecular formula is C9H19NO6. The third-order valence-electron chi connectivity index (χ3n) is 2.38. The summed E-state index contributed by atoms with van der Waals surface area (Å²) in [5.41, 5.74) is 2.49. The van der Waals surface area contributed by atoms with Crippen molar-refractivity contribution in [3.8, 4) is 0 Å². The van der Waals surface area contributed by atoms with Crippen molar-refractivity contribution < 1.29 is 31.7 Å². The first-order valence-electron chi connectivity index (χ1n) is 5.48. The van der Waals surface area contributed by atoms with Crippen molar-refractivity contribution in [3.63, 3.8) is 0 Å². The molecule has 0 spiro atoms.